The topological polar surface area (TPSA) is 46.2 Å². The van der Waals surface area contributed by atoms with Crippen molar-refractivity contribution < 1.29 is 8.42 Å². The summed E-state index contributed by atoms with van der Waals surface area (Å²) >= 11 is 0. The molecule has 0 aromatic carbocycles. The molecule has 2 aliphatic carbocycles. The van der Waals surface area contributed by atoms with Crippen molar-refractivity contribution in [3.8, 4) is 0 Å². The molecule has 3 unspecified atom stereocenters. The molecular formula is C10H19NO2S. The number of hydrogen-bond donors (Lipinski definition) is 1. The summed E-state index contributed by atoms with van der Waals surface area (Å²) in [5.41, 5.74) is 0. The molecule has 2 bridgehead atoms. The smallest absolute Gasteiger partial charge is 0.211 e. The van der Waals surface area contributed by atoms with Gasteiger partial charge in [-0.05, 0) is 37.5 Å². The lowest BCUT2D eigenvalue weighted by Crippen LogP contribution is -2.39. The standard InChI is InChI=1S/C10H19NO2S/c1-2-5-14(12,13)11-10-7-8-3-4-9(10)6-8/h8-11H,2-7H2,1H3. The maximum atomic E-state index is 11.6. The van der Waals surface area contributed by atoms with Crippen LogP contribution in [0, 0.1) is 11.8 Å². The Balaban J connectivity index is 1.92. The van der Waals surface area contributed by atoms with Crippen LogP contribution in [0.15, 0.2) is 0 Å². The Kier molecular flexibility index (Phi) is 2.84. The Bertz CT molecular complexity index is 299. The minimum Gasteiger partial charge on any atom is -0.212 e. The zero-order valence-electron chi connectivity index (χ0n) is 8.70. The van der Waals surface area contributed by atoms with Crippen LogP contribution in [0.4, 0.5) is 0 Å². The molecule has 4 heteroatoms. The zero-order chi connectivity index (χ0) is 10.2. The summed E-state index contributed by atoms with van der Waals surface area (Å²) in [6.07, 6.45) is 5.57. The van der Waals surface area contributed by atoms with Gasteiger partial charge in [0, 0.05) is 6.04 Å². The van der Waals surface area contributed by atoms with Gasteiger partial charge in [0.2, 0.25) is 10.0 Å². The van der Waals surface area contributed by atoms with Gasteiger partial charge in [-0.1, -0.05) is 13.3 Å². The predicted molar refractivity (Wildman–Crippen MR) is 56.4 cm³/mol. The van der Waals surface area contributed by atoms with Gasteiger partial charge in [-0.2, -0.15) is 0 Å². The average Bonchev–Trinajstić information content (AvgIpc) is 2.63. The molecule has 0 amide bonds. The van der Waals surface area contributed by atoms with Crippen molar-refractivity contribution in [1.82, 2.24) is 4.72 Å². The first-order valence-electron chi connectivity index (χ1n) is 5.60. The van der Waals surface area contributed by atoms with E-state index in [9.17, 15) is 8.42 Å². The van der Waals surface area contributed by atoms with Crippen molar-refractivity contribution in [1.29, 1.82) is 0 Å². The van der Waals surface area contributed by atoms with Gasteiger partial charge in [0.1, 0.15) is 0 Å². The largest absolute Gasteiger partial charge is 0.212 e. The second-order valence-corrected chi connectivity index (χ2v) is 6.59. The molecule has 0 saturated heterocycles. The molecule has 0 radical (unpaired) electrons. The first-order chi connectivity index (χ1) is 6.61. The van der Waals surface area contributed by atoms with E-state index in [1.165, 1.54) is 19.3 Å². The molecule has 0 aromatic rings. The van der Waals surface area contributed by atoms with Crippen molar-refractivity contribution in [2.75, 3.05) is 5.75 Å². The molecule has 2 saturated carbocycles. The third-order valence-corrected chi connectivity index (χ3v) is 5.15. The van der Waals surface area contributed by atoms with Gasteiger partial charge < -0.3 is 0 Å². The van der Waals surface area contributed by atoms with E-state index in [2.05, 4.69) is 4.72 Å². The fourth-order valence-corrected chi connectivity index (χ4v) is 4.35. The molecule has 0 aromatic heterocycles. The molecule has 82 valence electrons. The van der Waals surface area contributed by atoms with E-state index in [0.29, 0.717) is 12.3 Å². The van der Waals surface area contributed by atoms with Crippen LogP contribution in [0.25, 0.3) is 0 Å². The maximum absolute atomic E-state index is 11.6. The quantitative estimate of drug-likeness (QED) is 0.775. The molecule has 2 rings (SSSR count). The van der Waals surface area contributed by atoms with E-state index in [1.807, 2.05) is 6.92 Å². The Labute approximate surface area is 86.3 Å². The summed E-state index contributed by atoms with van der Waals surface area (Å²) in [6.45, 7) is 1.90. The number of hydrogen-bond acceptors (Lipinski definition) is 2. The summed E-state index contributed by atoms with van der Waals surface area (Å²) in [4.78, 5) is 0. The summed E-state index contributed by atoms with van der Waals surface area (Å²) in [6, 6.07) is 0.255. The zero-order valence-corrected chi connectivity index (χ0v) is 9.52. The van der Waals surface area contributed by atoms with Crippen LogP contribution >= 0.6 is 0 Å². The molecule has 1 N–H and O–H groups in total. The molecular weight excluding hydrogens is 198 g/mol. The minimum absolute atomic E-state index is 0.255. The van der Waals surface area contributed by atoms with Crippen LogP contribution in [0.3, 0.4) is 0 Å². The van der Waals surface area contributed by atoms with Crippen LogP contribution in [0.1, 0.15) is 39.0 Å². The number of nitrogens with one attached hydrogen (secondary N) is 1. The van der Waals surface area contributed by atoms with Crippen LogP contribution < -0.4 is 4.72 Å². The lowest BCUT2D eigenvalue weighted by Gasteiger charge is -2.22. The molecule has 2 aliphatic rings. The lowest BCUT2D eigenvalue weighted by molar-refractivity contribution is 0.390. The van der Waals surface area contributed by atoms with Gasteiger partial charge in [-0.25, -0.2) is 13.1 Å². The van der Waals surface area contributed by atoms with Crippen LogP contribution in [0.5, 0.6) is 0 Å². The van der Waals surface area contributed by atoms with Gasteiger partial charge in [-0.3, -0.25) is 0 Å². The van der Waals surface area contributed by atoms with Crippen LogP contribution in [-0.4, -0.2) is 20.2 Å². The lowest BCUT2D eigenvalue weighted by atomic mass is 9.96. The Morgan fingerprint density at radius 2 is 2.07 bits per heavy atom. The molecule has 0 spiro atoms. The van der Waals surface area contributed by atoms with Gasteiger partial charge in [-0.15, -0.1) is 0 Å². The SMILES string of the molecule is CCCS(=O)(=O)NC1CC2CCC1C2. The fourth-order valence-electron chi connectivity index (χ4n) is 2.95. The normalized spacial score (nSPS) is 36.5. The van der Waals surface area contributed by atoms with Crippen molar-refractivity contribution in [2.45, 2.75) is 45.1 Å². The first-order valence-corrected chi connectivity index (χ1v) is 7.26. The Morgan fingerprint density at radius 1 is 1.29 bits per heavy atom. The summed E-state index contributed by atoms with van der Waals surface area (Å²) in [5.74, 6) is 1.71. The molecule has 14 heavy (non-hydrogen) atoms. The van der Waals surface area contributed by atoms with Crippen LogP contribution in [0.2, 0.25) is 0 Å². The van der Waals surface area contributed by atoms with Crippen molar-refractivity contribution >= 4 is 10.0 Å². The van der Waals surface area contributed by atoms with E-state index >= 15 is 0 Å². The van der Waals surface area contributed by atoms with E-state index in [0.717, 1.165) is 12.3 Å². The van der Waals surface area contributed by atoms with Gasteiger partial charge in [0.15, 0.2) is 0 Å². The van der Waals surface area contributed by atoms with Gasteiger partial charge in [0.05, 0.1) is 5.75 Å². The summed E-state index contributed by atoms with van der Waals surface area (Å²) < 4.78 is 26.0. The van der Waals surface area contributed by atoms with E-state index < -0.39 is 10.0 Å². The molecule has 3 atom stereocenters. The third-order valence-electron chi connectivity index (χ3n) is 3.54. The fraction of sp³-hybridized carbons (Fsp3) is 1.00. The van der Waals surface area contributed by atoms with Crippen molar-refractivity contribution in [2.24, 2.45) is 11.8 Å². The molecule has 3 nitrogen and oxygen atoms in total. The molecule has 2 fully saturated rings. The predicted octanol–water partition coefficient (Wildman–Crippen LogP) is 1.50. The summed E-state index contributed by atoms with van der Waals surface area (Å²) in [5, 5.41) is 0. The second kappa shape index (κ2) is 3.81. The second-order valence-electron chi connectivity index (χ2n) is 4.72. The van der Waals surface area contributed by atoms with E-state index in [-0.39, 0.29) is 11.8 Å². The highest BCUT2D eigenvalue weighted by Crippen LogP contribution is 2.44. The summed E-state index contributed by atoms with van der Waals surface area (Å²) in [7, 11) is -2.99. The Hall–Kier alpha value is -0.0900. The molecule has 0 aliphatic heterocycles. The Morgan fingerprint density at radius 3 is 2.57 bits per heavy atom. The van der Waals surface area contributed by atoms with E-state index in [1.54, 1.807) is 0 Å². The minimum atomic E-state index is -2.99. The highest BCUT2D eigenvalue weighted by Gasteiger charge is 2.40. The van der Waals surface area contributed by atoms with E-state index in [4.69, 9.17) is 0 Å². The first kappa shape index (κ1) is 10.4. The number of fused-ring (bicyclic) bond motifs is 2. The highest BCUT2D eigenvalue weighted by atomic mass is 32.2. The van der Waals surface area contributed by atoms with Crippen molar-refractivity contribution in [3.63, 3.8) is 0 Å². The van der Waals surface area contributed by atoms with Crippen LogP contribution in [-0.2, 0) is 10.0 Å². The van der Waals surface area contributed by atoms with Crippen molar-refractivity contribution in [3.05, 3.63) is 0 Å². The van der Waals surface area contributed by atoms with Gasteiger partial charge >= 0.3 is 0 Å². The number of rotatable bonds is 4. The molecule has 0 heterocycles. The maximum Gasteiger partial charge on any atom is 0.211 e. The highest BCUT2D eigenvalue weighted by molar-refractivity contribution is 7.89. The van der Waals surface area contributed by atoms with Gasteiger partial charge in [0.25, 0.3) is 0 Å². The number of sulfonamides is 1. The average molecular weight is 217 g/mol. The third kappa shape index (κ3) is 2.11. The monoisotopic (exact) mass is 217 g/mol.